The number of nitrogens with one attached hydrogen (secondary N) is 2. The standard InChI is InChI=1S/C20H23N3O6/c1-13-3-6-15(7-4-13)18(29-10-9-24)12-21-19(25)20(26)22-16-8-5-14(2)11-17(16)23(27)28/h3-8,11,18,24H,9-10,12H2,1-2H3,(H,21,25)(H,22,26). The monoisotopic (exact) mass is 401 g/mol. The zero-order chi connectivity index (χ0) is 21.4. The summed E-state index contributed by atoms with van der Waals surface area (Å²) in [5.41, 5.74) is 2.13. The van der Waals surface area contributed by atoms with Gasteiger partial charge in [0, 0.05) is 12.6 Å². The quantitative estimate of drug-likeness (QED) is 0.352. The van der Waals surface area contributed by atoms with Crippen molar-refractivity contribution in [3.63, 3.8) is 0 Å². The van der Waals surface area contributed by atoms with Crippen LogP contribution in [0.2, 0.25) is 0 Å². The van der Waals surface area contributed by atoms with Crippen molar-refractivity contribution >= 4 is 23.2 Å². The van der Waals surface area contributed by atoms with Crippen molar-refractivity contribution in [1.82, 2.24) is 5.32 Å². The Morgan fingerprint density at radius 3 is 2.38 bits per heavy atom. The van der Waals surface area contributed by atoms with Gasteiger partial charge in [0.05, 0.1) is 24.2 Å². The normalized spacial score (nSPS) is 11.6. The highest BCUT2D eigenvalue weighted by atomic mass is 16.6. The number of nitro benzene ring substituents is 1. The van der Waals surface area contributed by atoms with E-state index in [1.165, 1.54) is 12.1 Å². The SMILES string of the molecule is Cc1ccc(C(CNC(=O)C(=O)Nc2ccc(C)cc2[N+](=O)[O-])OCCO)cc1. The first-order valence-corrected chi connectivity index (χ1v) is 8.95. The predicted molar refractivity (Wildman–Crippen MR) is 106 cm³/mol. The molecule has 0 aliphatic heterocycles. The van der Waals surface area contributed by atoms with Crippen molar-refractivity contribution in [3.05, 3.63) is 69.3 Å². The third-order valence-electron chi connectivity index (χ3n) is 4.11. The summed E-state index contributed by atoms with van der Waals surface area (Å²) in [6.45, 7) is 3.49. The van der Waals surface area contributed by atoms with Gasteiger partial charge in [0.15, 0.2) is 0 Å². The van der Waals surface area contributed by atoms with Crippen LogP contribution in [0.1, 0.15) is 22.8 Å². The largest absolute Gasteiger partial charge is 0.394 e. The van der Waals surface area contributed by atoms with E-state index in [9.17, 15) is 19.7 Å². The number of carbonyl (C=O) groups excluding carboxylic acids is 2. The van der Waals surface area contributed by atoms with Gasteiger partial charge in [0.25, 0.3) is 5.69 Å². The number of aliphatic hydroxyl groups excluding tert-OH is 1. The molecule has 0 spiro atoms. The molecule has 3 N–H and O–H groups in total. The van der Waals surface area contributed by atoms with Crippen molar-refractivity contribution in [3.8, 4) is 0 Å². The number of carbonyl (C=O) groups is 2. The molecule has 9 nitrogen and oxygen atoms in total. The summed E-state index contributed by atoms with van der Waals surface area (Å²) in [6.07, 6.45) is -0.562. The fourth-order valence-electron chi connectivity index (χ4n) is 2.59. The third kappa shape index (κ3) is 6.37. The summed E-state index contributed by atoms with van der Waals surface area (Å²) >= 11 is 0. The van der Waals surface area contributed by atoms with Gasteiger partial charge in [-0.3, -0.25) is 19.7 Å². The van der Waals surface area contributed by atoms with Crippen molar-refractivity contribution in [1.29, 1.82) is 0 Å². The van der Waals surface area contributed by atoms with Crippen molar-refractivity contribution in [2.75, 3.05) is 25.1 Å². The van der Waals surface area contributed by atoms with E-state index in [0.717, 1.165) is 11.1 Å². The Morgan fingerprint density at radius 1 is 1.10 bits per heavy atom. The number of anilines is 1. The molecule has 0 fully saturated rings. The summed E-state index contributed by atoms with van der Waals surface area (Å²) in [6, 6.07) is 11.7. The molecular formula is C20H23N3O6. The number of ether oxygens (including phenoxy) is 1. The highest BCUT2D eigenvalue weighted by Crippen LogP contribution is 2.25. The molecule has 2 aromatic rings. The summed E-state index contributed by atoms with van der Waals surface area (Å²) in [5, 5.41) is 24.8. The van der Waals surface area contributed by atoms with Gasteiger partial charge >= 0.3 is 11.8 Å². The molecule has 1 atom stereocenters. The molecule has 2 rings (SSSR count). The van der Waals surface area contributed by atoms with Gasteiger partial charge in [0.2, 0.25) is 0 Å². The van der Waals surface area contributed by atoms with E-state index in [1.807, 2.05) is 31.2 Å². The number of aryl methyl sites for hydroxylation is 2. The third-order valence-corrected chi connectivity index (χ3v) is 4.11. The van der Waals surface area contributed by atoms with Crippen LogP contribution in [0.5, 0.6) is 0 Å². The van der Waals surface area contributed by atoms with Crippen molar-refractivity contribution < 1.29 is 24.4 Å². The van der Waals surface area contributed by atoms with Gasteiger partial charge in [-0.2, -0.15) is 0 Å². The Bertz CT molecular complexity index is 882. The van der Waals surface area contributed by atoms with Crippen LogP contribution in [0.4, 0.5) is 11.4 Å². The lowest BCUT2D eigenvalue weighted by atomic mass is 10.1. The second-order valence-electron chi connectivity index (χ2n) is 6.44. The number of nitro groups is 1. The number of hydrogen-bond donors (Lipinski definition) is 3. The first-order chi connectivity index (χ1) is 13.8. The zero-order valence-corrected chi connectivity index (χ0v) is 16.2. The first-order valence-electron chi connectivity index (χ1n) is 8.95. The summed E-state index contributed by atoms with van der Waals surface area (Å²) in [4.78, 5) is 34.8. The van der Waals surface area contributed by atoms with Crippen LogP contribution < -0.4 is 10.6 Å². The minimum atomic E-state index is -1.03. The van der Waals surface area contributed by atoms with Crippen molar-refractivity contribution in [2.45, 2.75) is 20.0 Å². The Hall–Kier alpha value is -3.30. The molecule has 0 bridgehead atoms. The number of nitrogens with zero attached hydrogens (tertiary/aromatic N) is 1. The lowest BCUT2D eigenvalue weighted by Crippen LogP contribution is -2.38. The fourth-order valence-corrected chi connectivity index (χ4v) is 2.59. The molecule has 0 radical (unpaired) electrons. The second-order valence-corrected chi connectivity index (χ2v) is 6.44. The molecule has 29 heavy (non-hydrogen) atoms. The van der Waals surface area contributed by atoms with Gasteiger partial charge in [-0.15, -0.1) is 0 Å². The van der Waals surface area contributed by atoms with Gasteiger partial charge in [-0.1, -0.05) is 35.9 Å². The Kier molecular flexibility index (Phi) is 7.81. The average Bonchev–Trinajstić information content (AvgIpc) is 2.69. The van der Waals surface area contributed by atoms with Crippen molar-refractivity contribution in [2.24, 2.45) is 0 Å². The van der Waals surface area contributed by atoms with Crippen LogP contribution in [-0.2, 0) is 14.3 Å². The number of benzene rings is 2. The lowest BCUT2D eigenvalue weighted by molar-refractivity contribution is -0.384. The molecule has 0 heterocycles. The Labute approximate surface area is 167 Å². The zero-order valence-electron chi connectivity index (χ0n) is 16.2. The molecule has 154 valence electrons. The topological polar surface area (TPSA) is 131 Å². The molecule has 0 aromatic heterocycles. The first kappa shape index (κ1) is 22.0. The summed E-state index contributed by atoms with van der Waals surface area (Å²) in [5.74, 6) is -1.98. The van der Waals surface area contributed by atoms with Crippen LogP contribution in [0, 0.1) is 24.0 Å². The molecule has 0 aliphatic rings. The number of rotatable bonds is 8. The summed E-state index contributed by atoms with van der Waals surface area (Å²) in [7, 11) is 0. The molecule has 2 aromatic carbocycles. The van der Waals surface area contributed by atoms with E-state index >= 15 is 0 Å². The van der Waals surface area contributed by atoms with E-state index in [-0.39, 0.29) is 31.1 Å². The molecule has 0 saturated carbocycles. The number of aliphatic hydroxyl groups is 1. The number of hydrogen-bond acceptors (Lipinski definition) is 6. The molecule has 2 amide bonds. The van der Waals surface area contributed by atoms with Gasteiger partial charge in [0.1, 0.15) is 5.69 Å². The minimum absolute atomic E-state index is 0.00863. The molecular weight excluding hydrogens is 378 g/mol. The highest BCUT2D eigenvalue weighted by molar-refractivity contribution is 6.39. The Balaban J connectivity index is 2.03. The van der Waals surface area contributed by atoms with Crippen LogP contribution >= 0.6 is 0 Å². The second kappa shape index (κ2) is 10.3. The van der Waals surface area contributed by atoms with E-state index in [1.54, 1.807) is 13.0 Å². The van der Waals surface area contributed by atoms with Crippen LogP contribution in [-0.4, -0.2) is 41.6 Å². The Morgan fingerprint density at radius 2 is 1.76 bits per heavy atom. The minimum Gasteiger partial charge on any atom is -0.394 e. The maximum absolute atomic E-state index is 12.2. The van der Waals surface area contributed by atoms with E-state index < -0.39 is 22.8 Å². The van der Waals surface area contributed by atoms with Gasteiger partial charge in [-0.05, 0) is 31.0 Å². The molecule has 0 saturated heterocycles. The highest BCUT2D eigenvalue weighted by Gasteiger charge is 2.21. The van der Waals surface area contributed by atoms with Gasteiger partial charge in [-0.25, -0.2) is 0 Å². The average molecular weight is 401 g/mol. The number of amides is 2. The van der Waals surface area contributed by atoms with Gasteiger partial charge < -0.3 is 20.5 Å². The molecule has 9 heteroatoms. The molecule has 0 aliphatic carbocycles. The lowest BCUT2D eigenvalue weighted by Gasteiger charge is -2.18. The maximum Gasteiger partial charge on any atom is 0.313 e. The predicted octanol–water partition coefficient (Wildman–Crippen LogP) is 2.02. The van der Waals surface area contributed by atoms with E-state index in [0.29, 0.717) is 5.56 Å². The van der Waals surface area contributed by atoms with Crippen LogP contribution in [0.15, 0.2) is 42.5 Å². The fraction of sp³-hybridized carbons (Fsp3) is 0.300. The van der Waals surface area contributed by atoms with Crippen LogP contribution in [0.25, 0.3) is 0 Å². The van der Waals surface area contributed by atoms with Crippen LogP contribution in [0.3, 0.4) is 0 Å². The van der Waals surface area contributed by atoms with E-state index in [4.69, 9.17) is 9.84 Å². The maximum atomic E-state index is 12.2. The van der Waals surface area contributed by atoms with E-state index in [2.05, 4.69) is 10.6 Å². The summed E-state index contributed by atoms with van der Waals surface area (Å²) < 4.78 is 5.54. The molecule has 1 unspecified atom stereocenters. The smallest absolute Gasteiger partial charge is 0.313 e.